The van der Waals surface area contributed by atoms with Gasteiger partial charge < -0.3 is 9.73 Å². The summed E-state index contributed by atoms with van der Waals surface area (Å²) >= 11 is 0. The second-order valence-electron chi connectivity index (χ2n) is 5.82. The molecule has 0 aromatic carbocycles. The van der Waals surface area contributed by atoms with Gasteiger partial charge in [0.05, 0.1) is 12.1 Å². The highest BCUT2D eigenvalue weighted by Gasteiger charge is 2.40. The number of hydrogen-bond donors (Lipinski definition) is 1. The van der Waals surface area contributed by atoms with Gasteiger partial charge in [-0.05, 0) is 39.7 Å². The Labute approximate surface area is 120 Å². The summed E-state index contributed by atoms with van der Waals surface area (Å²) in [5.41, 5.74) is 0.152. The Hall–Kier alpha value is -1.76. The van der Waals surface area contributed by atoms with Crippen LogP contribution in [0.15, 0.2) is 10.5 Å². The van der Waals surface area contributed by atoms with Crippen molar-refractivity contribution < 1.29 is 9.21 Å². The second kappa shape index (κ2) is 5.70. The van der Waals surface area contributed by atoms with Gasteiger partial charge >= 0.3 is 0 Å². The summed E-state index contributed by atoms with van der Waals surface area (Å²) in [4.78, 5) is 12.5. The van der Waals surface area contributed by atoms with Crippen LogP contribution >= 0.6 is 0 Å². The van der Waals surface area contributed by atoms with E-state index in [4.69, 9.17) is 4.42 Å². The third kappa shape index (κ3) is 2.72. The summed E-state index contributed by atoms with van der Waals surface area (Å²) in [6.07, 6.45) is 4.38. The molecule has 1 saturated carbocycles. The van der Waals surface area contributed by atoms with Crippen LogP contribution in [0.25, 0.3) is 0 Å². The topological polar surface area (TPSA) is 66.0 Å². The number of amides is 1. The van der Waals surface area contributed by atoms with Gasteiger partial charge in [-0.2, -0.15) is 5.26 Å². The van der Waals surface area contributed by atoms with E-state index < -0.39 is 5.41 Å². The third-order valence-corrected chi connectivity index (χ3v) is 4.25. The molecular formula is C16H22N2O2. The molecule has 2 rings (SSSR count). The number of carbonyl (C=O) groups excluding carboxylic acids is 1. The van der Waals surface area contributed by atoms with Crippen LogP contribution in [0, 0.1) is 30.6 Å². The van der Waals surface area contributed by atoms with Crippen molar-refractivity contribution in [2.24, 2.45) is 5.41 Å². The normalized spacial score (nSPS) is 19.1. The fourth-order valence-electron chi connectivity index (χ4n) is 3.04. The molecule has 108 valence electrons. The lowest BCUT2D eigenvalue weighted by atomic mass is 9.74. The summed E-state index contributed by atoms with van der Waals surface area (Å²) in [6.45, 7) is 5.72. The van der Waals surface area contributed by atoms with Crippen LogP contribution in [-0.2, 0) is 4.79 Å². The van der Waals surface area contributed by atoms with Crippen molar-refractivity contribution in [1.82, 2.24) is 5.32 Å². The zero-order chi connectivity index (χ0) is 14.8. The van der Waals surface area contributed by atoms with Crippen molar-refractivity contribution in [1.29, 1.82) is 5.26 Å². The van der Waals surface area contributed by atoms with E-state index in [1.807, 2.05) is 26.8 Å². The smallest absolute Gasteiger partial charge is 0.240 e. The first-order valence-electron chi connectivity index (χ1n) is 7.28. The Kier molecular flexibility index (Phi) is 4.17. The highest BCUT2D eigenvalue weighted by Crippen LogP contribution is 2.36. The van der Waals surface area contributed by atoms with Gasteiger partial charge in [0.2, 0.25) is 5.91 Å². The predicted molar refractivity (Wildman–Crippen MR) is 75.9 cm³/mol. The highest BCUT2D eigenvalue weighted by atomic mass is 16.3. The van der Waals surface area contributed by atoms with E-state index in [1.165, 1.54) is 0 Å². The number of furan rings is 1. The van der Waals surface area contributed by atoms with Crippen molar-refractivity contribution in [2.75, 3.05) is 0 Å². The number of hydrogen-bond acceptors (Lipinski definition) is 3. The molecule has 1 aromatic rings. The molecule has 4 nitrogen and oxygen atoms in total. The quantitative estimate of drug-likeness (QED) is 0.916. The van der Waals surface area contributed by atoms with Gasteiger partial charge in [-0.3, -0.25) is 4.79 Å². The average Bonchev–Trinajstić information content (AvgIpc) is 2.78. The first kappa shape index (κ1) is 14.6. The minimum atomic E-state index is -0.834. The maximum Gasteiger partial charge on any atom is 0.240 e. The fourth-order valence-corrected chi connectivity index (χ4v) is 3.04. The van der Waals surface area contributed by atoms with Crippen molar-refractivity contribution in [2.45, 2.75) is 58.9 Å². The first-order valence-corrected chi connectivity index (χ1v) is 7.28. The Morgan fingerprint density at radius 1 is 1.40 bits per heavy atom. The summed E-state index contributed by atoms with van der Waals surface area (Å²) < 4.78 is 5.50. The Balaban J connectivity index is 2.11. The molecular weight excluding hydrogens is 252 g/mol. The maximum absolute atomic E-state index is 12.5. The van der Waals surface area contributed by atoms with E-state index in [-0.39, 0.29) is 11.9 Å². The number of carbonyl (C=O) groups is 1. The summed E-state index contributed by atoms with van der Waals surface area (Å²) in [5.74, 6) is 1.53. The van der Waals surface area contributed by atoms with Crippen molar-refractivity contribution in [3.63, 3.8) is 0 Å². The SMILES string of the molecule is Cc1cc(C(C)NC(=O)C2(C#N)CCCCC2)c(C)o1. The number of nitrogens with zero attached hydrogens (tertiary/aromatic N) is 1. The van der Waals surface area contributed by atoms with E-state index in [2.05, 4.69) is 11.4 Å². The molecule has 1 fully saturated rings. The van der Waals surface area contributed by atoms with Crippen LogP contribution in [0.5, 0.6) is 0 Å². The molecule has 1 unspecified atom stereocenters. The minimum absolute atomic E-state index is 0.132. The lowest BCUT2D eigenvalue weighted by Gasteiger charge is -2.30. The molecule has 0 spiro atoms. The van der Waals surface area contributed by atoms with Crippen molar-refractivity contribution >= 4 is 5.91 Å². The number of nitriles is 1. The van der Waals surface area contributed by atoms with Crippen molar-refractivity contribution in [3.05, 3.63) is 23.2 Å². The second-order valence-corrected chi connectivity index (χ2v) is 5.82. The van der Waals surface area contributed by atoms with Crippen LogP contribution in [-0.4, -0.2) is 5.91 Å². The molecule has 4 heteroatoms. The summed E-state index contributed by atoms with van der Waals surface area (Å²) in [5, 5.41) is 12.4. The van der Waals surface area contributed by atoms with E-state index in [9.17, 15) is 10.1 Å². The van der Waals surface area contributed by atoms with Gasteiger partial charge in [-0.25, -0.2) is 0 Å². The molecule has 1 aliphatic carbocycles. The van der Waals surface area contributed by atoms with Gasteiger partial charge in [0.1, 0.15) is 16.9 Å². The molecule has 1 atom stereocenters. The molecule has 0 bridgehead atoms. The van der Waals surface area contributed by atoms with Crippen LogP contribution in [0.3, 0.4) is 0 Å². The van der Waals surface area contributed by atoms with Gasteiger partial charge in [0, 0.05) is 5.56 Å². The largest absolute Gasteiger partial charge is 0.466 e. The molecule has 0 aliphatic heterocycles. The van der Waals surface area contributed by atoms with Gasteiger partial charge in [-0.15, -0.1) is 0 Å². The molecule has 0 radical (unpaired) electrons. The molecule has 20 heavy (non-hydrogen) atoms. The maximum atomic E-state index is 12.5. The van der Waals surface area contributed by atoms with E-state index >= 15 is 0 Å². The fraction of sp³-hybridized carbons (Fsp3) is 0.625. The predicted octanol–water partition coefficient (Wildman–Crippen LogP) is 3.55. The van der Waals surface area contributed by atoms with Crippen molar-refractivity contribution in [3.8, 4) is 6.07 Å². The van der Waals surface area contributed by atoms with E-state index in [0.717, 1.165) is 36.3 Å². The van der Waals surface area contributed by atoms with E-state index in [0.29, 0.717) is 12.8 Å². The Bertz CT molecular complexity index is 533. The zero-order valence-corrected chi connectivity index (χ0v) is 12.5. The highest BCUT2D eigenvalue weighted by molar-refractivity contribution is 5.85. The molecule has 1 N–H and O–H groups in total. The number of aryl methyl sites for hydroxylation is 2. The van der Waals surface area contributed by atoms with Gasteiger partial charge in [-0.1, -0.05) is 19.3 Å². The Morgan fingerprint density at radius 2 is 2.05 bits per heavy atom. The molecule has 1 amide bonds. The molecule has 1 aromatic heterocycles. The molecule has 1 heterocycles. The first-order chi connectivity index (χ1) is 9.48. The summed E-state index contributed by atoms with van der Waals surface area (Å²) in [7, 11) is 0. The number of rotatable bonds is 3. The standard InChI is InChI=1S/C16H22N2O2/c1-11-9-14(13(3)20-11)12(2)18-15(19)16(10-17)7-5-4-6-8-16/h9,12H,4-8H2,1-3H3,(H,18,19). The van der Waals surface area contributed by atoms with Crippen LogP contribution in [0.1, 0.15) is 62.2 Å². The monoisotopic (exact) mass is 274 g/mol. The van der Waals surface area contributed by atoms with Gasteiger partial charge in [0.25, 0.3) is 0 Å². The average molecular weight is 274 g/mol. The van der Waals surface area contributed by atoms with Crippen LogP contribution in [0.2, 0.25) is 0 Å². The molecule has 0 saturated heterocycles. The third-order valence-electron chi connectivity index (χ3n) is 4.25. The Morgan fingerprint density at radius 3 is 2.55 bits per heavy atom. The van der Waals surface area contributed by atoms with Gasteiger partial charge in [0.15, 0.2) is 0 Å². The minimum Gasteiger partial charge on any atom is -0.466 e. The lowest BCUT2D eigenvalue weighted by molar-refractivity contribution is -0.130. The van der Waals surface area contributed by atoms with E-state index in [1.54, 1.807) is 0 Å². The van der Waals surface area contributed by atoms with Crippen LogP contribution < -0.4 is 5.32 Å². The molecule has 1 aliphatic rings. The lowest BCUT2D eigenvalue weighted by Crippen LogP contribution is -2.42. The van der Waals surface area contributed by atoms with Crippen LogP contribution in [0.4, 0.5) is 0 Å². The number of nitrogens with one attached hydrogen (secondary N) is 1. The summed E-state index contributed by atoms with van der Waals surface area (Å²) in [6, 6.07) is 4.07. The zero-order valence-electron chi connectivity index (χ0n) is 12.5.